The van der Waals surface area contributed by atoms with Crippen molar-refractivity contribution in [1.29, 1.82) is 5.26 Å². The van der Waals surface area contributed by atoms with Gasteiger partial charge in [0.25, 0.3) is 0 Å². The molecule has 212 valence electrons. The average molecular weight is 573 g/mol. The van der Waals surface area contributed by atoms with Crippen LogP contribution in [0, 0.1) is 16.7 Å². The normalized spacial score (nSPS) is 28.9. The van der Waals surface area contributed by atoms with Crippen LogP contribution in [0.3, 0.4) is 0 Å². The van der Waals surface area contributed by atoms with E-state index in [1.54, 1.807) is 51.1 Å². The molecule has 1 saturated heterocycles. The van der Waals surface area contributed by atoms with E-state index in [4.69, 9.17) is 24.3 Å². The summed E-state index contributed by atoms with van der Waals surface area (Å²) in [4.78, 5) is 16.0. The van der Waals surface area contributed by atoms with E-state index < -0.39 is 48.6 Å². The number of carbonyl (C=O) groups is 1. The van der Waals surface area contributed by atoms with E-state index in [1.165, 1.54) is 23.0 Å². The Bertz CT molecular complexity index is 1520. The molecule has 15 heteroatoms. The van der Waals surface area contributed by atoms with Crippen molar-refractivity contribution < 1.29 is 38.1 Å². The maximum absolute atomic E-state index is 13.8. The van der Waals surface area contributed by atoms with E-state index in [1.807, 2.05) is 6.07 Å². The van der Waals surface area contributed by atoms with E-state index in [-0.39, 0.29) is 24.7 Å². The van der Waals surface area contributed by atoms with Crippen LogP contribution < -0.4 is 15.3 Å². The molecule has 0 amide bonds. The summed E-state index contributed by atoms with van der Waals surface area (Å²) < 4.78 is 37.7. The molecule has 1 aliphatic carbocycles. The number of esters is 1. The van der Waals surface area contributed by atoms with E-state index in [9.17, 15) is 24.8 Å². The van der Waals surface area contributed by atoms with Crippen LogP contribution >= 0.6 is 7.75 Å². The summed E-state index contributed by atoms with van der Waals surface area (Å²) in [6.45, 7) is 4.79. The number of nitrogen functional groups attached to an aromatic ring is 1. The van der Waals surface area contributed by atoms with Crippen molar-refractivity contribution in [1.82, 2.24) is 19.7 Å². The number of ether oxygens (including phenoxy) is 2. The van der Waals surface area contributed by atoms with Gasteiger partial charge in [0.05, 0.1) is 11.1 Å². The van der Waals surface area contributed by atoms with Crippen molar-refractivity contribution in [3.05, 3.63) is 54.5 Å². The summed E-state index contributed by atoms with van der Waals surface area (Å²) in [6.07, 6.45) is -3.21. The molecule has 2 fully saturated rings. The van der Waals surface area contributed by atoms with Crippen molar-refractivity contribution in [2.24, 2.45) is 5.41 Å². The molecule has 0 bridgehead atoms. The number of para-hydroxylation sites is 1. The van der Waals surface area contributed by atoms with Crippen molar-refractivity contribution in [2.75, 3.05) is 18.9 Å². The summed E-state index contributed by atoms with van der Waals surface area (Å²) in [7, 11) is -4.33. The Hall–Kier alpha value is -3.57. The number of hydrogen-bond acceptors (Lipinski definition) is 12. The predicted molar refractivity (Wildman–Crippen MR) is 138 cm³/mol. The first-order chi connectivity index (χ1) is 18.9. The molecule has 2 aromatic heterocycles. The van der Waals surface area contributed by atoms with Gasteiger partial charge >= 0.3 is 13.7 Å². The van der Waals surface area contributed by atoms with Crippen molar-refractivity contribution in [3.63, 3.8) is 0 Å². The number of nitrogens with one attached hydrogen (secondary N) is 1. The highest BCUT2D eigenvalue weighted by atomic mass is 31.2. The smallest absolute Gasteiger partial charge is 0.459 e. The van der Waals surface area contributed by atoms with Crippen molar-refractivity contribution in [2.45, 2.75) is 50.3 Å². The molecule has 1 aromatic carbocycles. The van der Waals surface area contributed by atoms with Crippen LogP contribution in [0.2, 0.25) is 0 Å². The Kier molecular flexibility index (Phi) is 6.86. The quantitative estimate of drug-likeness (QED) is 0.163. The largest absolute Gasteiger partial charge is 0.464 e. The van der Waals surface area contributed by atoms with Gasteiger partial charge in [0.1, 0.15) is 42.5 Å². The zero-order chi connectivity index (χ0) is 28.9. The molecule has 5 N–H and O–H groups in total. The second kappa shape index (κ2) is 9.81. The molecular weight excluding hydrogens is 543 g/mol. The standard InChI is InChI=1S/C25H29N6O8P/c1-23(2,3)22(33)36-12-11-30-40(35,38-15-7-5-4-6-8-15)39-21-24(13-26)25(21,34)19(32)18(37-24)16-9-10-17-20(27)28-14-29-31(16)17/h4-10,14,18-19,21,32,34H,11-12H2,1-3H3,(H,30,35)(H2,27,28,29)/t18-,19-,21?,24+,25+,40?/m0/s1. The fourth-order valence-corrected chi connectivity index (χ4v) is 6.11. The Balaban J connectivity index is 1.36. The zero-order valence-corrected chi connectivity index (χ0v) is 22.8. The number of benzene rings is 1. The van der Waals surface area contributed by atoms with Gasteiger partial charge in [-0.1, -0.05) is 18.2 Å². The third kappa shape index (κ3) is 4.50. The van der Waals surface area contributed by atoms with Gasteiger partial charge in [0.2, 0.25) is 5.60 Å². The summed E-state index contributed by atoms with van der Waals surface area (Å²) >= 11 is 0. The summed E-state index contributed by atoms with van der Waals surface area (Å²) in [5.41, 5.74) is 1.57. The van der Waals surface area contributed by atoms with Gasteiger partial charge in [-0.25, -0.2) is 19.2 Å². The molecular formula is C25H29N6O8P. The Labute approximate surface area is 229 Å². The van der Waals surface area contributed by atoms with Crippen LogP contribution in [-0.4, -0.2) is 67.3 Å². The number of nitrogens with zero attached hydrogens (tertiary/aromatic N) is 4. The van der Waals surface area contributed by atoms with Gasteiger partial charge in [-0.2, -0.15) is 10.4 Å². The van der Waals surface area contributed by atoms with E-state index >= 15 is 0 Å². The van der Waals surface area contributed by atoms with Gasteiger partial charge < -0.3 is 29.9 Å². The Morgan fingerprint density at radius 1 is 1.30 bits per heavy atom. The van der Waals surface area contributed by atoms with Gasteiger partial charge in [0.15, 0.2) is 17.5 Å². The predicted octanol–water partition coefficient (Wildman–Crippen LogP) is 1.50. The summed E-state index contributed by atoms with van der Waals surface area (Å²) in [5.74, 6) is -0.104. The number of hydrogen-bond donors (Lipinski definition) is 4. The van der Waals surface area contributed by atoms with Crippen molar-refractivity contribution in [3.8, 4) is 11.8 Å². The molecule has 40 heavy (non-hydrogen) atoms. The molecule has 0 spiro atoms. The lowest BCUT2D eigenvalue weighted by Gasteiger charge is -2.25. The maximum Gasteiger partial charge on any atom is 0.459 e. The highest BCUT2D eigenvalue weighted by molar-refractivity contribution is 7.52. The lowest BCUT2D eigenvalue weighted by atomic mass is 9.97. The molecule has 3 heterocycles. The molecule has 1 saturated carbocycles. The molecule has 0 radical (unpaired) electrons. The van der Waals surface area contributed by atoms with Gasteiger partial charge in [-0.3, -0.25) is 9.32 Å². The van der Waals surface area contributed by atoms with Gasteiger partial charge in [-0.15, -0.1) is 0 Å². The van der Waals surface area contributed by atoms with Gasteiger partial charge in [-0.05, 0) is 45.0 Å². The number of nitrogens with two attached hydrogens (primary N) is 1. The Morgan fingerprint density at radius 3 is 2.67 bits per heavy atom. The van der Waals surface area contributed by atoms with Crippen LogP contribution in [-0.2, 0) is 23.4 Å². The molecule has 2 unspecified atom stereocenters. The van der Waals surface area contributed by atoms with Crippen LogP contribution in [0.5, 0.6) is 5.75 Å². The lowest BCUT2D eigenvalue weighted by Crippen LogP contribution is -2.36. The molecule has 3 aromatic rings. The minimum atomic E-state index is -4.33. The summed E-state index contributed by atoms with van der Waals surface area (Å²) in [6, 6.07) is 13.2. The fourth-order valence-electron chi connectivity index (χ4n) is 4.58. The van der Waals surface area contributed by atoms with E-state index in [0.717, 1.165) is 0 Å². The first kappa shape index (κ1) is 28.0. The number of aliphatic hydroxyl groups excluding tert-OH is 1. The molecule has 1 aliphatic heterocycles. The van der Waals surface area contributed by atoms with Crippen LogP contribution in [0.25, 0.3) is 5.52 Å². The monoisotopic (exact) mass is 572 g/mol. The second-order valence-corrected chi connectivity index (χ2v) is 12.2. The number of aromatic nitrogens is 3. The van der Waals surface area contributed by atoms with Crippen LogP contribution in [0.4, 0.5) is 5.82 Å². The maximum atomic E-state index is 13.8. The molecule has 14 nitrogen and oxygen atoms in total. The lowest BCUT2D eigenvalue weighted by molar-refractivity contribution is -0.152. The van der Waals surface area contributed by atoms with Crippen molar-refractivity contribution >= 4 is 25.1 Å². The number of nitriles is 1. The summed E-state index contributed by atoms with van der Waals surface area (Å²) in [5, 5.41) is 39.4. The van der Waals surface area contributed by atoms with Crippen LogP contribution in [0.1, 0.15) is 32.6 Å². The third-order valence-electron chi connectivity index (χ3n) is 6.77. The average Bonchev–Trinajstić information content (AvgIpc) is 3.16. The van der Waals surface area contributed by atoms with E-state index in [2.05, 4.69) is 15.2 Å². The number of rotatable bonds is 9. The topological polar surface area (TPSA) is 204 Å². The fraction of sp³-hybridized carbons (Fsp3) is 0.440. The highest BCUT2D eigenvalue weighted by Crippen LogP contribution is 2.68. The molecule has 6 atom stereocenters. The second-order valence-electron chi connectivity index (χ2n) is 10.5. The minimum absolute atomic E-state index is 0.139. The SMILES string of the molecule is CC(C)(C)C(=O)OCCNP(=O)(Oc1ccccc1)OC1[C@@]2(C#N)O[C@@H](c3ccc4c(N)ncnn34)[C@H](O)[C@@]12O. The van der Waals surface area contributed by atoms with Crippen LogP contribution in [0.15, 0.2) is 48.8 Å². The molecule has 2 aliphatic rings. The number of aliphatic hydroxyl groups is 2. The number of fused-ring (bicyclic) bond motifs is 2. The molecule has 5 rings (SSSR count). The van der Waals surface area contributed by atoms with E-state index in [0.29, 0.717) is 11.2 Å². The minimum Gasteiger partial charge on any atom is -0.464 e. The Morgan fingerprint density at radius 2 is 2.02 bits per heavy atom. The first-order valence-corrected chi connectivity index (χ1v) is 13.9. The first-order valence-electron chi connectivity index (χ1n) is 12.4. The highest BCUT2D eigenvalue weighted by Gasteiger charge is 2.90. The van der Waals surface area contributed by atoms with Gasteiger partial charge in [0, 0.05) is 6.54 Å². The number of anilines is 1. The zero-order valence-electron chi connectivity index (χ0n) is 21.9. The number of carbonyl (C=O) groups excluding carboxylic acids is 1. The third-order valence-corrected chi connectivity index (χ3v) is 8.32.